The van der Waals surface area contributed by atoms with Gasteiger partial charge in [-0.2, -0.15) is 0 Å². The van der Waals surface area contributed by atoms with Crippen LogP contribution >= 0.6 is 0 Å². The summed E-state index contributed by atoms with van der Waals surface area (Å²) < 4.78 is 0. The van der Waals surface area contributed by atoms with Crippen LogP contribution in [0.2, 0.25) is 0 Å². The second-order valence-electron chi connectivity index (χ2n) is 5.69. The van der Waals surface area contributed by atoms with Gasteiger partial charge >= 0.3 is 0 Å². The van der Waals surface area contributed by atoms with E-state index in [4.69, 9.17) is 0 Å². The fourth-order valence-electron chi connectivity index (χ4n) is 2.36. The van der Waals surface area contributed by atoms with Gasteiger partial charge in [0.2, 0.25) is 5.91 Å². The SMILES string of the molecule is CC(=O)NCc1ccc(C(=O)NCC(O)c2ccccc2C)cc1. The Labute approximate surface area is 141 Å². The Hall–Kier alpha value is -2.66. The highest BCUT2D eigenvalue weighted by molar-refractivity contribution is 5.94. The molecule has 0 bridgehead atoms. The number of amides is 2. The highest BCUT2D eigenvalue weighted by atomic mass is 16.3. The third-order valence-electron chi connectivity index (χ3n) is 3.76. The molecule has 3 N–H and O–H groups in total. The number of benzene rings is 2. The van der Waals surface area contributed by atoms with Gasteiger partial charge in [0.15, 0.2) is 0 Å². The number of hydrogen-bond donors (Lipinski definition) is 3. The van der Waals surface area contributed by atoms with E-state index in [1.165, 1.54) is 6.92 Å². The molecule has 0 saturated carbocycles. The first-order valence-corrected chi connectivity index (χ1v) is 7.82. The molecular weight excluding hydrogens is 304 g/mol. The average Bonchev–Trinajstić information content (AvgIpc) is 2.58. The summed E-state index contributed by atoms with van der Waals surface area (Å²) in [5.41, 5.74) is 3.23. The van der Waals surface area contributed by atoms with Crippen molar-refractivity contribution in [1.82, 2.24) is 10.6 Å². The van der Waals surface area contributed by atoms with Gasteiger partial charge in [0, 0.05) is 25.6 Å². The molecule has 0 radical (unpaired) electrons. The van der Waals surface area contributed by atoms with Crippen molar-refractivity contribution in [2.45, 2.75) is 26.5 Å². The standard InChI is InChI=1S/C19H22N2O3/c1-13-5-3-4-6-17(13)18(23)12-21-19(24)16-9-7-15(8-10-16)11-20-14(2)22/h3-10,18,23H,11-12H2,1-2H3,(H,20,22)(H,21,24). The zero-order valence-corrected chi connectivity index (χ0v) is 13.9. The quantitative estimate of drug-likeness (QED) is 0.760. The molecular formula is C19H22N2O3. The molecule has 5 nitrogen and oxygen atoms in total. The van der Waals surface area contributed by atoms with Gasteiger partial charge in [-0.05, 0) is 35.7 Å². The lowest BCUT2D eigenvalue weighted by Gasteiger charge is -2.14. The summed E-state index contributed by atoms with van der Waals surface area (Å²) in [5.74, 6) is -0.337. The summed E-state index contributed by atoms with van der Waals surface area (Å²) in [6.45, 7) is 3.97. The van der Waals surface area contributed by atoms with Gasteiger partial charge in [0.25, 0.3) is 5.91 Å². The number of aliphatic hydroxyl groups excluding tert-OH is 1. The van der Waals surface area contributed by atoms with E-state index >= 15 is 0 Å². The summed E-state index contributed by atoms with van der Waals surface area (Å²) >= 11 is 0. The average molecular weight is 326 g/mol. The molecule has 2 rings (SSSR count). The molecule has 2 aromatic rings. The molecule has 0 aliphatic rings. The predicted octanol–water partition coefficient (Wildman–Crippen LogP) is 2.09. The summed E-state index contributed by atoms with van der Waals surface area (Å²) in [6.07, 6.45) is -0.741. The van der Waals surface area contributed by atoms with Crippen LogP contribution in [0, 0.1) is 6.92 Å². The smallest absolute Gasteiger partial charge is 0.251 e. The lowest BCUT2D eigenvalue weighted by Crippen LogP contribution is -2.28. The van der Waals surface area contributed by atoms with E-state index < -0.39 is 6.10 Å². The Bertz CT molecular complexity index is 711. The number of aliphatic hydroxyl groups is 1. The molecule has 0 spiro atoms. The van der Waals surface area contributed by atoms with Gasteiger partial charge in [-0.15, -0.1) is 0 Å². The summed E-state index contributed by atoms with van der Waals surface area (Å²) in [5, 5.41) is 15.6. The molecule has 0 aliphatic heterocycles. The minimum atomic E-state index is -0.741. The first kappa shape index (κ1) is 17.7. The van der Waals surface area contributed by atoms with Gasteiger partial charge in [-0.3, -0.25) is 9.59 Å². The number of carbonyl (C=O) groups is 2. The molecule has 1 atom stereocenters. The molecule has 0 heterocycles. The highest BCUT2D eigenvalue weighted by Crippen LogP contribution is 2.16. The van der Waals surface area contributed by atoms with Crippen molar-refractivity contribution in [3.8, 4) is 0 Å². The Morgan fingerprint density at radius 3 is 2.33 bits per heavy atom. The highest BCUT2D eigenvalue weighted by Gasteiger charge is 2.12. The second kappa shape index (κ2) is 8.26. The number of rotatable bonds is 6. The normalized spacial score (nSPS) is 11.6. The Balaban J connectivity index is 1.90. The first-order valence-electron chi connectivity index (χ1n) is 7.82. The minimum Gasteiger partial charge on any atom is -0.387 e. The van der Waals surface area contributed by atoms with Gasteiger partial charge in [0.1, 0.15) is 0 Å². The van der Waals surface area contributed by atoms with Crippen molar-refractivity contribution in [2.75, 3.05) is 6.54 Å². The van der Waals surface area contributed by atoms with Crippen molar-refractivity contribution >= 4 is 11.8 Å². The van der Waals surface area contributed by atoms with Crippen LogP contribution in [0.5, 0.6) is 0 Å². The van der Waals surface area contributed by atoms with Gasteiger partial charge in [0.05, 0.1) is 6.10 Å². The van der Waals surface area contributed by atoms with Crippen LogP contribution in [0.3, 0.4) is 0 Å². The number of nitrogens with one attached hydrogen (secondary N) is 2. The van der Waals surface area contributed by atoms with Crippen molar-refractivity contribution in [3.05, 3.63) is 70.8 Å². The van der Waals surface area contributed by atoms with Crippen molar-refractivity contribution < 1.29 is 14.7 Å². The molecule has 126 valence electrons. The molecule has 1 unspecified atom stereocenters. The maximum Gasteiger partial charge on any atom is 0.251 e. The van der Waals surface area contributed by atoms with Crippen LogP contribution in [-0.4, -0.2) is 23.5 Å². The maximum absolute atomic E-state index is 12.2. The van der Waals surface area contributed by atoms with E-state index in [0.29, 0.717) is 12.1 Å². The summed E-state index contributed by atoms with van der Waals surface area (Å²) in [4.78, 5) is 23.0. The van der Waals surface area contributed by atoms with E-state index in [9.17, 15) is 14.7 Å². The molecule has 0 fully saturated rings. The van der Waals surface area contributed by atoms with E-state index in [2.05, 4.69) is 10.6 Å². The lowest BCUT2D eigenvalue weighted by atomic mass is 10.0. The number of hydrogen-bond acceptors (Lipinski definition) is 3. The van der Waals surface area contributed by atoms with Gasteiger partial charge in [-0.1, -0.05) is 36.4 Å². The largest absolute Gasteiger partial charge is 0.387 e. The molecule has 2 amide bonds. The topological polar surface area (TPSA) is 78.4 Å². The summed E-state index contributed by atoms with van der Waals surface area (Å²) in [6, 6.07) is 14.5. The fraction of sp³-hybridized carbons (Fsp3) is 0.263. The number of aryl methyl sites for hydroxylation is 1. The Morgan fingerprint density at radius 1 is 1.04 bits per heavy atom. The van der Waals surface area contributed by atoms with Crippen LogP contribution in [0.1, 0.15) is 40.1 Å². The second-order valence-corrected chi connectivity index (χ2v) is 5.69. The van der Waals surface area contributed by atoms with Crippen LogP contribution < -0.4 is 10.6 Å². The van der Waals surface area contributed by atoms with Gasteiger partial charge in [-0.25, -0.2) is 0 Å². The monoisotopic (exact) mass is 326 g/mol. The van der Waals surface area contributed by atoms with Gasteiger partial charge < -0.3 is 15.7 Å². The van der Waals surface area contributed by atoms with Crippen molar-refractivity contribution in [3.63, 3.8) is 0 Å². The molecule has 0 aromatic heterocycles. The van der Waals surface area contributed by atoms with E-state index in [1.54, 1.807) is 24.3 Å². The minimum absolute atomic E-state index is 0.0954. The third kappa shape index (κ3) is 4.93. The predicted molar refractivity (Wildman–Crippen MR) is 92.4 cm³/mol. The van der Waals surface area contributed by atoms with E-state index in [-0.39, 0.29) is 18.4 Å². The lowest BCUT2D eigenvalue weighted by molar-refractivity contribution is -0.119. The van der Waals surface area contributed by atoms with Crippen LogP contribution in [-0.2, 0) is 11.3 Å². The molecule has 2 aromatic carbocycles. The van der Waals surface area contributed by atoms with E-state index in [0.717, 1.165) is 16.7 Å². The third-order valence-corrected chi connectivity index (χ3v) is 3.76. The molecule has 24 heavy (non-hydrogen) atoms. The van der Waals surface area contributed by atoms with Crippen molar-refractivity contribution in [1.29, 1.82) is 0 Å². The van der Waals surface area contributed by atoms with Crippen LogP contribution in [0.15, 0.2) is 48.5 Å². The zero-order valence-electron chi connectivity index (χ0n) is 13.9. The Kier molecular flexibility index (Phi) is 6.09. The van der Waals surface area contributed by atoms with Crippen LogP contribution in [0.4, 0.5) is 0 Å². The van der Waals surface area contributed by atoms with Crippen molar-refractivity contribution in [2.24, 2.45) is 0 Å². The zero-order chi connectivity index (χ0) is 17.5. The molecule has 0 aliphatic carbocycles. The Morgan fingerprint density at radius 2 is 1.71 bits per heavy atom. The van der Waals surface area contributed by atoms with E-state index in [1.807, 2.05) is 31.2 Å². The maximum atomic E-state index is 12.2. The number of carbonyl (C=O) groups excluding carboxylic acids is 2. The first-order chi connectivity index (χ1) is 11.5. The summed E-state index contributed by atoms with van der Waals surface area (Å²) in [7, 11) is 0. The fourth-order valence-corrected chi connectivity index (χ4v) is 2.36. The molecule has 5 heteroatoms. The van der Waals surface area contributed by atoms with Crippen LogP contribution in [0.25, 0.3) is 0 Å². The molecule has 0 saturated heterocycles.